The van der Waals surface area contributed by atoms with Crippen molar-refractivity contribution in [2.24, 2.45) is 5.73 Å². The maximum absolute atomic E-state index is 6.08. The fraction of sp³-hybridized carbons (Fsp3) is 0.812. The summed E-state index contributed by atoms with van der Waals surface area (Å²) in [6.45, 7) is 10.0. The van der Waals surface area contributed by atoms with Crippen LogP contribution in [0, 0.1) is 0 Å². The van der Waals surface area contributed by atoms with Gasteiger partial charge in [-0.1, -0.05) is 6.92 Å². The topological polar surface area (TPSA) is 56.3 Å². The van der Waals surface area contributed by atoms with Crippen molar-refractivity contribution in [2.75, 3.05) is 24.7 Å². The molecule has 1 aromatic rings. The minimum Gasteiger partial charge on any atom is -0.382 e. The summed E-state index contributed by atoms with van der Waals surface area (Å²) in [4.78, 5) is 7.25. The highest BCUT2D eigenvalue weighted by atomic mass is 16.5. The quantitative estimate of drug-likeness (QED) is 0.783. The largest absolute Gasteiger partial charge is 0.382 e. The van der Waals surface area contributed by atoms with Gasteiger partial charge in [0.05, 0.1) is 5.69 Å². The van der Waals surface area contributed by atoms with Gasteiger partial charge in [-0.05, 0) is 39.5 Å². The number of piperidine rings is 1. The van der Waals surface area contributed by atoms with Crippen LogP contribution >= 0.6 is 0 Å². The summed E-state index contributed by atoms with van der Waals surface area (Å²) in [5.74, 6) is 1.11. The van der Waals surface area contributed by atoms with Crippen LogP contribution in [-0.2, 0) is 17.7 Å². The SMILES string of the molecule is CCOCCCn1cc(CC)nc1N1CCC(N)CC1C. The maximum Gasteiger partial charge on any atom is 0.205 e. The molecule has 2 unspecified atom stereocenters. The molecule has 1 saturated heterocycles. The minimum atomic E-state index is 0.336. The molecule has 5 heteroatoms. The minimum absolute atomic E-state index is 0.336. The number of hydrogen-bond acceptors (Lipinski definition) is 4. The summed E-state index contributed by atoms with van der Waals surface area (Å²) in [6.07, 6.45) is 6.31. The molecular formula is C16H30N4O. The molecule has 0 bridgehead atoms. The summed E-state index contributed by atoms with van der Waals surface area (Å²) in [6, 6.07) is 0.801. The van der Waals surface area contributed by atoms with Crippen molar-refractivity contribution in [1.29, 1.82) is 0 Å². The van der Waals surface area contributed by atoms with Crippen molar-refractivity contribution in [3.63, 3.8) is 0 Å². The first-order chi connectivity index (χ1) is 10.2. The van der Waals surface area contributed by atoms with E-state index in [9.17, 15) is 0 Å². The Kier molecular flexibility index (Phi) is 6.06. The monoisotopic (exact) mass is 294 g/mol. The van der Waals surface area contributed by atoms with Crippen molar-refractivity contribution in [1.82, 2.24) is 9.55 Å². The molecule has 0 radical (unpaired) electrons. The van der Waals surface area contributed by atoms with Crippen LogP contribution in [0.1, 0.15) is 45.7 Å². The molecular weight excluding hydrogens is 264 g/mol. The van der Waals surface area contributed by atoms with Gasteiger partial charge in [0.25, 0.3) is 0 Å². The van der Waals surface area contributed by atoms with Crippen molar-refractivity contribution in [2.45, 2.75) is 65.1 Å². The Bertz CT molecular complexity index is 432. The predicted molar refractivity (Wildman–Crippen MR) is 86.7 cm³/mol. The van der Waals surface area contributed by atoms with E-state index in [1.807, 2.05) is 6.92 Å². The normalized spacial score (nSPS) is 22.8. The van der Waals surface area contributed by atoms with E-state index in [1.54, 1.807) is 0 Å². The molecule has 2 N–H and O–H groups in total. The van der Waals surface area contributed by atoms with Gasteiger partial charge < -0.3 is 19.9 Å². The number of nitrogens with two attached hydrogens (primary N) is 1. The first kappa shape index (κ1) is 16.3. The van der Waals surface area contributed by atoms with Gasteiger partial charge in [-0.25, -0.2) is 4.98 Å². The van der Waals surface area contributed by atoms with E-state index in [-0.39, 0.29) is 0 Å². The molecule has 1 fully saturated rings. The van der Waals surface area contributed by atoms with Crippen LogP contribution in [0.4, 0.5) is 5.95 Å². The van der Waals surface area contributed by atoms with Crippen molar-refractivity contribution < 1.29 is 4.74 Å². The highest BCUT2D eigenvalue weighted by molar-refractivity contribution is 5.36. The third kappa shape index (κ3) is 4.20. The summed E-state index contributed by atoms with van der Waals surface area (Å²) < 4.78 is 7.74. The second kappa shape index (κ2) is 7.80. The lowest BCUT2D eigenvalue weighted by Crippen LogP contribution is -2.46. The van der Waals surface area contributed by atoms with Crippen LogP contribution in [0.3, 0.4) is 0 Å². The lowest BCUT2D eigenvalue weighted by Gasteiger charge is -2.37. The van der Waals surface area contributed by atoms with Gasteiger partial charge in [-0.15, -0.1) is 0 Å². The Hall–Kier alpha value is -1.07. The Balaban J connectivity index is 2.07. The molecule has 0 aromatic carbocycles. The van der Waals surface area contributed by atoms with Crippen molar-refractivity contribution in [3.05, 3.63) is 11.9 Å². The second-order valence-corrected chi connectivity index (χ2v) is 5.96. The first-order valence-electron chi connectivity index (χ1n) is 8.31. The zero-order chi connectivity index (χ0) is 15.2. The summed E-state index contributed by atoms with van der Waals surface area (Å²) in [7, 11) is 0. The Morgan fingerprint density at radius 2 is 2.24 bits per heavy atom. The van der Waals surface area contributed by atoms with E-state index < -0.39 is 0 Å². The van der Waals surface area contributed by atoms with E-state index in [2.05, 4.69) is 29.5 Å². The molecule has 0 aliphatic carbocycles. The maximum atomic E-state index is 6.08. The molecule has 1 aromatic heterocycles. The van der Waals surface area contributed by atoms with E-state index in [4.69, 9.17) is 15.5 Å². The van der Waals surface area contributed by atoms with E-state index in [1.165, 1.54) is 5.69 Å². The Morgan fingerprint density at radius 3 is 2.90 bits per heavy atom. The summed E-state index contributed by atoms with van der Waals surface area (Å²) >= 11 is 0. The zero-order valence-corrected chi connectivity index (χ0v) is 13.7. The molecule has 2 rings (SSSR count). The van der Waals surface area contributed by atoms with Crippen LogP contribution in [-0.4, -0.2) is 41.4 Å². The van der Waals surface area contributed by atoms with Crippen LogP contribution in [0.25, 0.3) is 0 Å². The number of ether oxygens (including phenoxy) is 1. The predicted octanol–water partition coefficient (Wildman–Crippen LogP) is 2.19. The fourth-order valence-electron chi connectivity index (χ4n) is 3.01. The number of anilines is 1. The molecule has 0 spiro atoms. The van der Waals surface area contributed by atoms with Gasteiger partial charge in [-0.3, -0.25) is 0 Å². The van der Waals surface area contributed by atoms with Crippen LogP contribution in [0.5, 0.6) is 0 Å². The van der Waals surface area contributed by atoms with Crippen LogP contribution in [0.2, 0.25) is 0 Å². The van der Waals surface area contributed by atoms with E-state index in [0.29, 0.717) is 12.1 Å². The van der Waals surface area contributed by atoms with E-state index >= 15 is 0 Å². The zero-order valence-electron chi connectivity index (χ0n) is 13.7. The third-order valence-corrected chi connectivity index (χ3v) is 4.23. The van der Waals surface area contributed by atoms with Gasteiger partial charge in [0.2, 0.25) is 5.95 Å². The summed E-state index contributed by atoms with van der Waals surface area (Å²) in [5.41, 5.74) is 7.25. The second-order valence-electron chi connectivity index (χ2n) is 5.96. The molecule has 1 aliphatic heterocycles. The number of aryl methyl sites for hydroxylation is 2. The number of imidazole rings is 1. The molecule has 0 saturated carbocycles. The van der Waals surface area contributed by atoms with Gasteiger partial charge >= 0.3 is 0 Å². The molecule has 120 valence electrons. The molecule has 1 aliphatic rings. The van der Waals surface area contributed by atoms with Gasteiger partial charge in [0, 0.05) is 44.6 Å². The van der Waals surface area contributed by atoms with E-state index in [0.717, 1.165) is 57.9 Å². The van der Waals surface area contributed by atoms with Crippen molar-refractivity contribution in [3.8, 4) is 0 Å². The third-order valence-electron chi connectivity index (χ3n) is 4.23. The fourth-order valence-corrected chi connectivity index (χ4v) is 3.01. The summed E-state index contributed by atoms with van der Waals surface area (Å²) in [5, 5.41) is 0. The highest BCUT2D eigenvalue weighted by Gasteiger charge is 2.26. The average Bonchev–Trinajstić information content (AvgIpc) is 2.87. The van der Waals surface area contributed by atoms with Gasteiger partial charge in [0.1, 0.15) is 0 Å². The number of rotatable bonds is 7. The van der Waals surface area contributed by atoms with Crippen LogP contribution in [0.15, 0.2) is 6.20 Å². The number of nitrogens with zero attached hydrogens (tertiary/aromatic N) is 3. The number of aromatic nitrogens is 2. The lowest BCUT2D eigenvalue weighted by molar-refractivity contribution is 0.141. The van der Waals surface area contributed by atoms with Crippen molar-refractivity contribution >= 4 is 5.95 Å². The number of hydrogen-bond donors (Lipinski definition) is 1. The van der Waals surface area contributed by atoms with Gasteiger partial charge in [-0.2, -0.15) is 0 Å². The molecule has 2 atom stereocenters. The van der Waals surface area contributed by atoms with Crippen LogP contribution < -0.4 is 10.6 Å². The standard InChI is InChI=1S/C16H30N4O/c1-4-15-12-19(8-6-10-21-5-2)16(18-15)20-9-7-14(17)11-13(20)3/h12-14H,4-11,17H2,1-3H3. The smallest absolute Gasteiger partial charge is 0.205 e. The average molecular weight is 294 g/mol. The molecule has 5 nitrogen and oxygen atoms in total. The molecule has 0 amide bonds. The lowest BCUT2D eigenvalue weighted by atomic mass is 10.00. The van der Waals surface area contributed by atoms with Gasteiger partial charge in [0.15, 0.2) is 0 Å². The first-order valence-corrected chi connectivity index (χ1v) is 8.31. The Labute approximate surface area is 128 Å². The molecule has 21 heavy (non-hydrogen) atoms. The Morgan fingerprint density at radius 1 is 1.43 bits per heavy atom. The molecule has 2 heterocycles. The highest BCUT2D eigenvalue weighted by Crippen LogP contribution is 2.24.